The summed E-state index contributed by atoms with van der Waals surface area (Å²) in [6, 6.07) is 16.5. The maximum atomic E-state index is 12.3. The zero-order valence-electron chi connectivity index (χ0n) is 9.95. The first-order chi connectivity index (χ1) is 9.31. The van der Waals surface area contributed by atoms with Gasteiger partial charge in [0.1, 0.15) is 17.3 Å². The van der Waals surface area contributed by atoms with E-state index in [4.69, 9.17) is 0 Å². The third kappa shape index (κ3) is 1.78. The van der Waals surface area contributed by atoms with E-state index in [0.717, 1.165) is 5.56 Å². The summed E-state index contributed by atoms with van der Waals surface area (Å²) in [7, 11) is 0. The summed E-state index contributed by atoms with van der Waals surface area (Å²) in [6.07, 6.45) is 1.61. The molecule has 3 aromatic rings. The van der Waals surface area contributed by atoms with Gasteiger partial charge in [0.05, 0.1) is 5.69 Å². The average molecular weight is 247 g/mol. The Morgan fingerprint density at radius 1 is 1.05 bits per heavy atom. The standard InChI is InChI=1S/C15H9N3O/c16-10-12-14(11-6-2-1-3-7-11)17-13-8-4-5-9-18(13)15(12)19/h1-9H. The summed E-state index contributed by atoms with van der Waals surface area (Å²) < 4.78 is 1.38. The van der Waals surface area contributed by atoms with Gasteiger partial charge in [-0.1, -0.05) is 36.4 Å². The van der Waals surface area contributed by atoms with E-state index in [2.05, 4.69) is 4.98 Å². The second kappa shape index (κ2) is 4.39. The van der Waals surface area contributed by atoms with Crippen molar-refractivity contribution in [1.82, 2.24) is 9.38 Å². The van der Waals surface area contributed by atoms with Gasteiger partial charge in [0.15, 0.2) is 0 Å². The Bertz CT molecular complexity index is 845. The van der Waals surface area contributed by atoms with E-state index in [1.807, 2.05) is 42.5 Å². The number of hydrogen-bond acceptors (Lipinski definition) is 3. The van der Waals surface area contributed by atoms with Crippen LogP contribution in [-0.2, 0) is 0 Å². The summed E-state index contributed by atoms with van der Waals surface area (Å²) in [5.74, 6) is 0. The molecule has 0 unspecified atom stereocenters. The van der Waals surface area contributed by atoms with E-state index in [-0.39, 0.29) is 11.1 Å². The zero-order chi connectivity index (χ0) is 13.2. The molecule has 0 N–H and O–H groups in total. The second-order valence-electron chi connectivity index (χ2n) is 4.05. The fraction of sp³-hybridized carbons (Fsp3) is 0. The van der Waals surface area contributed by atoms with E-state index in [1.54, 1.807) is 18.3 Å². The lowest BCUT2D eigenvalue weighted by Gasteiger charge is -2.06. The van der Waals surface area contributed by atoms with Crippen LogP contribution in [-0.4, -0.2) is 9.38 Å². The minimum atomic E-state index is -0.341. The van der Waals surface area contributed by atoms with Crippen molar-refractivity contribution >= 4 is 5.65 Å². The molecule has 0 atom stereocenters. The van der Waals surface area contributed by atoms with Crippen LogP contribution in [0, 0.1) is 11.3 Å². The first kappa shape index (κ1) is 11.2. The molecule has 0 fully saturated rings. The number of nitrogens with zero attached hydrogens (tertiary/aromatic N) is 3. The van der Waals surface area contributed by atoms with Crippen molar-refractivity contribution in [2.45, 2.75) is 0 Å². The van der Waals surface area contributed by atoms with E-state index < -0.39 is 0 Å². The summed E-state index contributed by atoms with van der Waals surface area (Å²) in [5.41, 5.74) is 1.45. The van der Waals surface area contributed by atoms with E-state index in [9.17, 15) is 10.1 Å². The normalized spacial score (nSPS) is 10.3. The molecule has 0 radical (unpaired) electrons. The number of pyridine rings is 1. The van der Waals surface area contributed by atoms with Crippen LogP contribution >= 0.6 is 0 Å². The smallest absolute Gasteiger partial charge is 0.267 e. The topological polar surface area (TPSA) is 58.2 Å². The highest BCUT2D eigenvalue weighted by atomic mass is 16.1. The summed E-state index contributed by atoms with van der Waals surface area (Å²) >= 11 is 0. The Morgan fingerprint density at radius 2 is 1.79 bits per heavy atom. The highest BCUT2D eigenvalue weighted by molar-refractivity contribution is 5.68. The van der Waals surface area contributed by atoms with Crippen LogP contribution in [0.1, 0.15) is 5.56 Å². The third-order valence-corrected chi connectivity index (χ3v) is 2.89. The number of hydrogen-bond donors (Lipinski definition) is 0. The first-order valence-corrected chi connectivity index (χ1v) is 5.78. The number of nitriles is 1. The van der Waals surface area contributed by atoms with Crippen molar-refractivity contribution in [3.63, 3.8) is 0 Å². The van der Waals surface area contributed by atoms with Crippen LogP contribution in [0.3, 0.4) is 0 Å². The molecular weight excluding hydrogens is 238 g/mol. The first-order valence-electron chi connectivity index (χ1n) is 5.78. The van der Waals surface area contributed by atoms with Gasteiger partial charge in [-0.2, -0.15) is 5.26 Å². The van der Waals surface area contributed by atoms with Crippen molar-refractivity contribution < 1.29 is 0 Å². The lowest BCUT2D eigenvalue weighted by Crippen LogP contribution is -2.19. The Labute approximate surface area is 109 Å². The molecule has 4 nitrogen and oxygen atoms in total. The molecule has 0 aliphatic rings. The predicted octanol–water partition coefficient (Wildman–Crippen LogP) is 2.23. The molecule has 2 heterocycles. The number of rotatable bonds is 1. The largest absolute Gasteiger partial charge is 0.276 e. The van der Waals surface area contributed by atoms with Crippen LogP contribution in [0.4, 0.5) is 0 Å². The number of benzene rings is 1. The molecule has 0 amide bonds. The van der Waals surface area contributed by atoms with Crippen LogP contribution < -0.4 is 5.56 Å². The highest BCUT2D eigenvalue weighted by Gasteiger charge is 2.13. The molecule has 0 saturated heterocycles. The second-order valence-corrected chi connectivity index (χ2v) is 4.05. The van der Waals surface area contributed by atoms with Crippen LogP contribution in [0.15, 0.2) is 59.5 Å². The maximum Gasteiger partial charge on any atom is 0.276 e. The molecule has 4 heteroatoms. The number of fused-ring (bicyclic) bond motifs is 1. The van der Waals surface area contributed by atoms with Gasteiger partial charge in [-0.15, -0.1) is 0 Å². The third-order valence-electron chi connectivity index (χ3n) is 2.89. The number of aromatic nitrogens is 2. The predicted molar refractivity (Wildman–Crippen MR) is 71.6 cm³/mol. The molecule has 90 valence electrons. The van der Waals surface area contributed by atoms with E-state index in [1.165, 1.54) is 4.40 Å². The summed E-state index contributed by atoms with van der Waals surface area (Å²) in [6.45, 7) is 0. The average Bonchev–Trinajstić information content (AvgIpc) is 2.48. The van der Waals surface area contributed by atoms with Crippen LogP contribution in [0.5, 0.6) is 0 Å². The van der Waals surface area contributed by atoms with Crippen molar-refractivity contribution in [3.8, 4) is 17.3 Å². The molecular formula is C15H9N3O. The van der Waals surface area contributed by atoms with Gasteiger partial charge < -0.3 is 0 Å². The zero-order valence-corrected chi connectivity index (χ0v) is 9.95. The summed E-state index contributed by atoms with van der Waals surface area (Å²) in [5, 5.41) is 9.22. The lowest BCUT2D eigenvalue weighted by molar-refractivity contribution is 1.04. The fourth-order valence-corrected chi connectivity index (χ4v) is 1.99. The van der Waals surface area contributed by atoms with E-state index >= 15 is 0 Å². The highest BCUT2D eigenvalue weighted by Crippen LogP contribution is 2.19. The minimum Gasteiger partial charge on any atom is -0.267 e. The maximum absolute atomic E-state index is 12.3. The quantitative estimate of drug-likeness (QED) is 0.662. The van der Waals surface area contributed by atoms with Gasteiger partial charge in [0.25, 0.3) is 5.56 Å². The van der Waals surface area contributed by atoms with Crippen molar-refractivity contribution in [2.24, 2.45) is 0 Å². The Kier molecular flexibility index (Phi) is 2.58. The fourth-order valence-electron chi connectivity index (χ4n) is 1.99. The molecule has 0 aliphatic heterocycles. The van der Waals surface area contributed by atoms with Gasteiger partial charge in [-0.05, 0) is 12.1 Å². The minimum absolute atomic E-state index is 0.0647. The Morgan fingerprint density at radius 3 is 2.53 bits per heavy atom. The molecule has 1 aromatic carbocycles. The van der Waals surface area contributed by atoms with Gasteiger partial charge >= 0.3 is 0 Å². The van der Waals surface area contributed by atoms with Gasteiger partial charge in [-0.25, -0.2) is 4.98 Å². The molecule has 0 spiro atoms. The Balaban J connectivity index is 2.44. The van der Waals surface area contributed by atoms with E-state index in [0.29, 0.717) is 11.3 Å². The molecule has 3 rings (SSSR count). The van der Waals surface area contributed by atoms with Crippen molar-refractivity contribution in [1.29, 1.82) is 5.26 Å². The molecule has 0 saturated carbocycles. The molecule has 19 heavy (non-hydrogen) atoms. The SMILES string of the molecule is N#Cc1c(-c2ccccc2)nc2ccccn2c1=O. The monoisotopic (exact) mass is 247 g/mol. The van der Waals surface area contributed by atoms with Gasteiger partial charge in [0.2, 0.25) is 0 Å². The van der Waals surface area contributed by atoms with Crippen LogP contribution in [0.2, 0.25) is 0 Å². The van der Waals surface area contributed by atoms with Crippen molar-refractivity contribution in [3.05, 3.63) is 70.6 Å². The van der Waals surface area contributed by atoms with Gasteiger partial charge in [0, 0.05) is 11.8 Å². The molecule has 0 bridgehead atoms. The lowest BCUT2D eigenvalue weighted by atomic mass is 10.1. The Hall–Kier alpha value is -2.93. The molecule has 0 aliphatic carbocycles. The molecule has 2 aromatic heterocycles. The van der Waals surface area contributed by atoms with Crippen molar-refractivity contribution in [2.75, 3.05) is 0 Å². The van der Waals surface area contributed by atoms with Crippen LogP contribution in [0.25, 0.3) is 16.9 Å². The van der Waals surface area contributed by atoms with Gasteiger partial charge in [-0.3, -0.25) is 9.20 Å². The summed E-state index contributed by atoms with van der Waals surface area (Å²) in [4.78, 5) is 16.7.